The number of hydrogen-bond donors (Lipinski definition) is 2. The van der Waals surface area contributed by atoms with Gasteiger partial charge < -0.3 is 11.1 Å². The van der Waals surface area contributed by atoms with Crippen LogP contribution in [0.15, 0.2) is 24.7 Å². The number of anilines is 1. The Hall–Kier alpha value is -2.31. The van der Waals surface area contributed by atoms with Crippen LogP contribution in [0.25, 0.3) is 0 Å². The van der Waals surface area contributed by atoms with E-state index in [0.717, 1.165) is 13.0 Å². The first-order chi connectivity index (χ1) is 8.66. The molecule has 2 rings (SSSR count). The van der Waals surface area contributed by atoms with E-state index in [1.54, 1.807) is 19.4 Å². The number of carbonyl (C=O) groups is 1. The Kier molecular flexibility index (Phi) is 3.61. The van der Waals surface area contributed by atoms with E-state index in [1.807, 2.05) is 16.9 Å². The summed E-state index contributed by atoms with van der Waals surface area (Å²) in [4.78, 5) is 11.8. The van der Waals surface area contributed by atoms with Gasteiger partial charge in [-0.1, -0.05) is 0 Å². The zero-order chi connectivity index (χ0) is 13.0. The van der Waals surface area contributed by atoms with Crippen molar-refractivity contribution in [2.45, 2.75) is 13.0 Å². The summed E-state index contributed by atoms with van der Waals surface area (Å²) in [5.41, 5.74) is 6.33. The molecular formula is C11H16N6O. The smallest absolute Gasteiger partial charge is 0.273 e. The van der Waals surface area contributed by atoms with Gasteiger partial charge in [-0.2, -0.15) is 10.2 Å². The lowest BCUT2D eigenvalue weighted by Crippen LogP contribution is -2.26. The van der Waals surface area contributed by atoms with E-state index in [9.17, 15) is 4.79 Å². The average molecular weight is 248 g/mol. The molecule has 2 heterocycles. The maximum absolute atomic E-state index is 11.8. The van der Waals surface area contributed by atoms with E-state index in [2.05, 4.69) is 15.5 Å². The minimum Gasteiger partial charge on any atom is -0.396 e. The van der Waals surface area contributed by atoms with Crippen molar-refractivity contribution in [3.8, 4) is 0 Å². The van der Waals surface area contributed by atoms with Gasteiger partial charge in [-0.05, 0) is 12.5 Å². The molecule has 2 aromatic rings. The molecule has 0 saturated carbocycles. The standard InChI is InChI=1S/C11H16N6O/c1-16-8-9(12)10(15-16)11(18)13-4-2-6-17-7-3-5-14-17/h3,5,7-8H,2,4,6,12H2,1H3,(H,13,18). The van der Waals surface area contributed by atoms with Crippen LogP contribution in [0.2, 0.25) is 0 Å². The van der Waals surface area contributed by atoms with Gasteiger partial charge in [-0.25, -0.2) is 0 Å². The summed E-state index contributed by atoms with van der Waals surface area (Å²) in [7, 11) is 1.73. The van der Waals surface area contributed by atoms with Gasteiger partial charge in [-0.3, -0.25) is 14.2 Å². The molecule has 0 aliphatic heterocycles. The van der Waals surface area contributed by atoms with Crippen LogP contribution in [0, 0.1) is 0 Å². The van der Waals surface area contributed by atoms with Gasteiger partial charge >= 0.3 is 0 Å². The summed E-state index contributed by atoms with van der Waals surface area (Å²) >= 11 is 0. The lowest BCUT2D eigenvalue weighted by molar-refractivity contribution is 0.0948. The normalized spacial score (nSPS) is 10.5. The zero-order valence-electron chi connectivity index (χ0n) is 10.2. The molecule has 0 atom stereocenters. The second-order valence-corrected chi connectivity index (χ2v) is 3.99. The molecule has 0 fully saturated rings. The lowest BCUT2D eigenvalue weighted by Gasteiger charge is -2.04. The fraction of sp³-hybridized carbons (Fsp3) is 0.364. The van der Waals surface area contributed by atoms with E-state index in [1.165, 1.54) is 4.68 Å². The van der Waals surface area contributed by atoms with Gasteiger partial charge in [0.05, 0.1) is 5.69 Å². The molecular weight excluding hydrogens is 232 g/mol. The van der Waals surface area contributed by atoms with Crippen LogP contribution >= 0.6 is 0 Å². The van der Waals surface area contributed by atoms with E-state index in [4.69, 9.17) is 5.73 Å². The molecule has 18 heavy (non-hydrogen) atoms. The molecule has 7 heteroatoms. The van der Waals surface area contributed by atoms with E-state index in [-0.39, 0.29) is 11.6 Å². The van der Waals surface area contributed by atoms with E-state index < -0.39 is 0 Å². The maximum Gasteiger partial charge on any atom is 0.273 e. The van der Waals surface area contributed by atoms with Crippen molar-refractivity contribution in [2.75, 3.05) is 12.3 Å². The quantitative estimate of drug-likeness (QED) is 0.730. The van der Waals surface area contributed by atoms with E-state index >= 15 is 0 Å². The summed E-state index contributed by atoms with van der Waals surface area (Å²) in [5.74, 6) is -0.242. The number of aromatic nitrogens is 4. The van der Waals surface area contributed by atoms with Gasteiger partial charge in [0.2, 0.25) is 0 Å². The van der Waals surface area contributed by atoms with Crippen LogP contribution in [-0.4, -0.2) is 32.0 Å². The molecule has 0 unspecified atom stereocenters. The predicted molar refractivity (Wildman–Crippen MR) is 66.8 cm³/mol. The SMILES string of the molecule is Cn1cc(N)c(C(=O)NCCCn2cccn2)n1. The monoisotopic (exact) mass is 248 g/mol. The van der Waals surface area contributed by atoms with Crippen LogP contribution in [0.5, 0.6) is 0 Å². The average Bonchev–Trinajstić information content (AvgIpc) is 2.94. The van der Waals surface area contributed by atoms with Crippen LogP contribution in [0.3, 0.4) is 0 Å². The van der Waals surface area contributed by atoms with Gasteiger partial charge in [0.1, 0.15) is 0 Å². The Morgan fingerprint density at radius 2 is 2.39 bits per heavy atom. The molecule has 0 spiro atoms. The molecule has 7 nitrogen and oxygen atoms in total. The maximum atomic E-state index is 11.8. The first-order valence-corrected chi connectivity index (χ1v) is 5.71. The van der Waals surface area contributed by atoms with Gasteiger partial charge in [0.15, 0.2) is 5.69 Å². The Morgan fingerprint density at radius 3 is 3.00 bits per heavy atom. The molecule has 0 saturated heterocycles. The molecule has 0 radical (unpaired) electrons. The number of nitrogens with one attached hydrogen (secondary N) is 1. The van der Waals surface area contributed by atoms with Gasteiger partial charge in [0, 0.05) is 38.7 Å². The third kappa shape index (κ3) is 2.88. The largest absolute Gasteiger partial charge is 0.396 e. The van der Waals surface area contributed by atoms with Crippen molar-refractivity contribution in [3.63, 3.8) is 0 Å². The van der Waals surface area contributed by atoms with Crippen LogP contribution in [0.4, 0.5) is 5.69 Å². The second-order valence-electron chi connectivity index (χ2n) is 3.99. The molecule has 2 aromatic heterocycles. The van der Waals surface area contributed by atoms with Crippen LogP contribution in [-0.2, 0) is 13.6 Å². The molecule has 3 N–H and O–H groups in total. The van der Waals surface area contributed by atoms with Crippen molar-refractivity contribution in [1.29, 1.82) is 0 Å². The lowest BCUT2D eigenvalue weighted by atomic mass is 10.3. The Labute approximate surface area is 105 Å². The van der Waals surface area contributed by atoms with Crippen molar-refractivity contribution >= 4 is 11.6 Å². The topological polar surface area (TPSA) is 90.8 Å². The second kappa shape index (κ2) is 5.35. The molecule has 0 aromatic carbocycles. The summed E-state index contributed by atoms with van der Waals surface area (Å²) in [5, 5.41) is 10.9. The number of nitrogen functional groups attached to an aromatic ring is 1. The van der Waals surface area contributed by atoms with Gasteiger partial charge in [-0.15, -0.1) is 0 Å². The minimum absolute atomic E-state index is 0.242. The van der Waals surface area contributed by atoms with Crippen LogP contribution in [0.1, 0.15) is 16.9 Å². The summed E-state index contributed by atoms with van der Waals surface area (Å²) in [6.07, 6.45) is 6.03. The Bertz CT molecular complexity index is 516. The Balaban J connectivity index is 1.77. The number of aryl methyl sites for hydroxylation is 2. The fourth-order valence-corrected chi connectivity index (χ4v) is 1.64. The fourth-order valence-electron chi connectivity index (χ4n) is 1.64. The molecule has 96 valence electrons. The highest BCUT2D eigenvalue weighted by molar-refractivity contribution is 5.96. The van der Waals surface area contributed by atoms with Crippen molar-refractivity contribution in [3.05, 3.63) is 30.4 Å². The number of nitrogens with two attached hydrogens (primary N) is 1. The number of rotatable bonds is 5. The number of carbonyl (C=O) groups excluding carboxylic acids is 1. The third-order valence-corrected chi connectivity index (χ3v) is 2.48. The highest BCUT2D eigenvalue weighted by Gasteiger charge is 2.12. The van der Waals surface area contributed by atoms with Gasteiger partial charge in [0.25, 0.3) is 5.91 Å². The third-order valence-electron chi connectivity index (χ3n) is 2.48. The van der Waals surface area contributed by atoms with Crippen LogP contribution < -0.4 is 11.1 Å². The molecule has 0 aliphatic rings. The predicted octanol–water partition coefficient (Wildman–Crippen LogP) is 0.0189. The number of amides is 1. The molecule has 0 aliphatic carbocycles. The molecule has 0 bridgehead atoms. The first-order valence-electron chi connectivity index (χ1n) is 5.71. The number of nitrogens with zero attached hydrogens (tertiary/aromatic N) is 4. The summed E-state index contributed by atoms with van der Waals surface area (Å²) in [6, 6.07) is 1.87. The minimum atomic E-state index is -0.242. The van der Waals surface area contributed by atoms with E-state index in [0.29, 0.717) is 12.2 Å². The first kappa shape index (κ1) is 12.2. The van der Waals surface area contributed by atoms with Crippen molar-refractivity contribution in [1.82, 2.24) is 24.9 Å². The van der Waals surface area contributed by atoms with Crippen molar-refractivity contribution in [2.24, 2.45) is 7.05 Å². The highest BCUT2D eigenvalue weighted by atomic mass is 16.1. The number of hydrogen-bond acceptors (Lipinski definition) is 4. The Morgan fingerprint density at radius 1 is 1.56 bits per heavy atom. The van der Waals surface area contributed by atoms with Crippen molar-refractivity contribution < 1.29 is 4.79 Å². The summed E-state index contributed by atoms with van der Waals surface area (Å²) < 4.78 is 3.34. The zero-order valence-corrected chi connectivity index (χ0v) is 10.2. The molecule has 1 amide bonds. The summed E-state index contributed by atoms with van der Waals surface area (Å²) in [6.45, 7) is 1.33. The highest BCUT2D eigenvalue weighted by Crippen LogP contribution is 2.07.